The Morgan fingerprint density at radius 3 is 1.44 bits per heavy atom. The van der Waals surface area contributed by atoms with Gasteiger partial charge in [-0.25, -0.2) is 0 Å². The highest BCUT2D eigenvalue weighted by atomic mass is 32.2. The molecule has 0 aliphatic carbocycles. The van der Waals surface area contributed by atoms with Gasteiger partial charge in [0.15, 0.2) is 0 Å². The van der Waals surface area contributed by atoms with Gasteiger partial charge in [0, 0.05) is 27.2 Å². The van der Waals surface area contributed by atoms with Crippen LogP contribution in [0.2, 0.25) is 0 Å². The largest absolute Gasteiger partial charge is 0.425 e. The molecule has 0 aliphatic rings. The van der Waals surface area contributed by atoms with Gasteiger partial charge in [-0.1, -0.05) is 48.5 Å². The molecule has 0 amide bonds. The summed E-state index contributed by atoms with van der Waals surface area (Å²) in [5, 5.41) is 20.4. The van der Waals surface area contributed by atoms with E-state index in [9.17, 15) is 13.0 Å². The van der Waals surface area contributed by atoms with Gasteiger partial charge in [0.25, 0.3) is 10.1 Å². The molecule has 0 bridgehead atoms. The topological polar surface area (TPSA) is 232 Å². The number of hydrogen-bond donors (Lipinski definition) is 2. The number of nitrogens with zero attached hydrogens (tertiary/aromatic N) is 4. The van der Waals surface area contributed by atoms with E-state index in [4.69, 9.17) is 31.0 Å². The van der Waals surface area contributed by atoms with E-state index in [0.717, 1.165) is 16.5 Å². The minimum atomic E-state index is -4.36. The molecule has 14 nitrogen and oxygen atoms in total. The number of hydrogen-bond acceptors (Lipinski definition) is 13. The van der Waals surface area contributed by atoms with Crippen LogP contribution >= 0.6 is 0 Å². The average molecular weight is 642 g/mol. The summed E-state index contributed by atoms with van der Waals surface area (Å²) in [6.45, 7) is 0. The first-order valence-electron chi connectivity index (χ1n) is 11.6. The van der Waals surface area contributed by atoms with Crippen molar-refractivity contribution in [3.63, 3.8) is 0 Å². The first-order chi connectivity index (χ1) is 20.4. The molecule has 220 valence electrons. The molecule has 5 aromatic carbocycles. The Balaban J connectivity index is 0.000000566. The minimum Gasteiger partial charge on any atom is -0.398 e. The summed E-state index contributed by atoms with van der Waals surface area (Å²) >= 11 is 0. The normalized spacial score (nSPS) is 11.1. The van der Waals surface area contributed by atoms with E-state index in [1.165, 1.54) is 12.1 Å². The van der Waals surface area contributed by atoms with Crippen LogP contribution in [0.5, 0.6) is 0 Å². The van der Waals surface area contributed by atoms with Gasteiger partial charge >= 0.3 is 21.2 Å². The highest BCUT2D eigenvalue weighted by Crippen LogP contribution is 2.37. The Bertz CT molecular complexity index is 2150. The molecule has 0 heterocycles. The number of anilines is 1. The van der Waals surface area contributed by atoms with Crippen molar-refractivity contribution in [2.75, 3.05) is 5.73 Å². The first-order valence-corrected chi connectivity index (χ1v) is 15.0. The molecule has 0 saturated carbocycles. The van der Waals surface area contributed by atoms with Crippen LogP contribution in [0.15, 0.2) is 122 Å². The fourth-order valence-corrected chi connectivity index (χ4v) is 4.24. The maximum atomic E-state index is 11.5. The van der Waals surface area contributed by atoms with E-state index in [2.05, 4.69) is 20.5 Å². The van der Waals surface area contributed by atoms with Crippen molar-refractivity contribution in [1.29, 1.82) is 0 Å². The van der Waals surface area contributed by atoms with Crippen LogP contribution in [0.1, 0.15) is 0 Å². The van der Waals surface area contributed by atoms with Gasteiger partial charge in [0.05, 0.1) is 27.6 Å². The van der Waals surface area contributed by atoms with Crippen LogP contribution in [0.4, 0.5) is 28.4 Å². The number of azo groups is 2. The summed E-state index contributed by atoms with van der Waals surface area (Å²) in [6.07, 6.45) is 0. The van der Waals surface area contributed by atoms with E-state index in [1.54, 1.807) is 18.2 Å². The predicted octanol–water partition coefficient (Wildman–Crippen LogP) is 5.64. The van der Waals surface area contributed by atoms with Crippen LogP contribution in [-0.2, 0) is 31.3 Å². The third-order valence-corrected chi connectivity index (χ3v) is 6.32. The second-order valence-corrected chi connectivity index (χ2v) is 10.4. The zero-order valence-electron chi connectivity index (χ0n) is 21.5. The molecule has 0 saturated heterocycles. The van der Waals surface area contributed by atoms with E-state index in [0.29, 0.717) is 33.5 Å². The van der Waals surface area contributed by atoms with Crippen LogP contribution in [0, 0.1) is 0 Å². The van der Waals surface area contributed by atoms with Crippen molar-refractivity contribution in [2.45, 2.75) is 4.90 Å². The standard InChI is InChI=1S/C26H19N5O3S.2O3S/c27-23-12-13-24(21-11-10-18(16-22(21)23)35(32,33)34)30-31-26-15-14-25(19-8-4-5-9-20(19)26)29-28-17-6-2-1-3-7-17;2*1-4(2)3/h1-16H,27H2,(H,32,33,34);;. The minimum absolute atomic E-state index is 0.239. The molecule has 0 aliphatic heterocycles. The summed E-state index contributed by atoms with van der Waals surface area (Å²) in [4.78, 5) is -0.239. The lowest BCUT2D eigenvalue weighted by Gasteiger charge is -2.07. The molecular formula is C26H19N5O9S3. The Morgan fingerprint density at radius 1 is 0.535 bits per heavy atom. The number of fused-ring (bicyclic) bond motifs is 2. The third kappa shape index (κ3) is 9.40. The molecule has 0 unspecified atom stereocenters. The van der Waals surface area contributed by atoms with Crippen LogP contribution in [0.25, 0.3) is 21.5 Å². The van der Waals surface area contributed by atoms with Gasteiger partial charge in [-0.3, -0.25) is 4.55 Å². The van der Waals surface area contributed by atoms with E-state index >= 15 is 0 Å². The highest BCUT2D eigenvalue weighted by Gasteiger charge is 2.13. The van der Waals surface area contributed by atoms with Crippen LogP contribution < -0.4 is 5.73 Å². The van der Waals surface area contributed by atoms with Crippen molar-refractivity contribution < 1.29 is 38.2 Å². The SMILES string of the molecule is Nc1ccc(N=Nc2ccc(N=Nc3ccccc3)c3ccccc23)c2ccc(S(=O)(=O)O)cc12.O=S(=O)=O.O=S(=O)=O. The monoisotopic (exact) mass is 641 g/mol. The quantitative estimate of drug-likeness (QED) is 0.136. The number of benzene rings is 5. The molecule has 5 rings (SSSR count). The Labute approximate surface area is 247 Å². The van der Waals surface area contributed by atoms with E-state index in [-0.39, 0.29) is 4.90 Å². The highest BCUT2D eigenvalue weighted by molar-refractivity contribution is 7.85. The summed E-state index contributed by atoms with van der Waals surface area (Å²) in [7, 11) is -10.6. The molecular weight excluding hydrogens is 623 g/mol. The fraction of sp³-hybridized carbons (Fsp3) is 0. The number of nitrogens with two attached hydrogens (primary N) is 1. The van der Waals surface area contributed by atoms with Crippen molar-refractivity contribution in [3.8, 4) is 0 Å². The maximum absolute atomic E-state index is 11.5. The Morgan fingerprint density at radius 2 is 0.953 bits per heavy atom. The smallest absolute Gasteiger partial charge is 0.398 e. The van der Waals surface area contributed by atoms with E-state index in [1.807, 2.05) is 66.7 Å². The average Bonchev–Trinajstić information content (AvgIpc) is 2.95. The molecule has 0 atom stereocenters. The summed E-state index contributed by atoms with van der Waals surface area (Å²) in [6, 6.07) is 28.4. The Kier molecular flexibility index (Phi) is 11.0. The molecule has 43 heavy (non-hydrogen) atoms. The molecule has 0 spiro atoms. The van der Waals surface area contributed by atoms with Gasteiger partial charge in [0.1, 0.15) is 0 Å². The molecule has 17 heteroatoms. The van der Waals surface area contributed by atoms with Gasteiger partial charge in [0.2, 0.25) is 0 Å². The van der Waals surface area contributed by atoms with Crippen molar-refractivity contribution in [2.24, 2.45) is 20.5 Å². The molecule has 0 aromatic heterocycles. The van der Waals surface area contributed by atoms with Crippen molar-refractivity contribution in [1.82, 2.24) is 0 Å². The summed E-state index contributed by atoms with van der Waals surface area (Å²) < 4.78 is 83.1. The fourth-order valence-electron chi connectivity index (χ4n) is 3.74. The molecule has 3 N–H and O–H groups in total. The second kappa shape index (κ2) is 14.6. The van der Waals surface area contributed by atoms with Crippen LogP contribution in [0.3, 0.4) is 0 Å². The predicted molar refractivity (Wildman–Crippen MR) is 156 cm³/mol. The van der Waals surface area contributed by atoms with Crippen LogP contribution in [-0.4, -0.2) is 38.2 Å². The second-order valence-electron chi connectivity index (χ2n) is 8.15. The summed E-state index contributed by atoms with van der Waals surface area (Å²) in [5.41, 5.74) is 9.01. The lowest BCUT2D eigenvalue weighted by Crippen LogP contribution is -1.98. The maximum Gasteiger partial charge on any atom is 0.425 e. The lowest BCUT2D eigenvalue weighted by atomic mass is 10.1. The third-order valence-electron chi connectivity index (χ3n) is 5.47. The molecule has 0 fully saturated rings. The molecule has 0 radical (unpaired) electrons. The first kappa shape index (κ1) is 32.3. The number of nitrogen functional groups attached to an aromatic ring is 1. The zero-order valence-corrected chi connectivity index (χ0v) is 24.0. The van der Waals surface area contributed by atoms with E-state index < -0.39 is 31.3 Å². The lowest BCUT2D eigenvalue weighted by molar-refractivity contribution is 0.483. The zero-order chi connectivity index (χ0) is 31.6. The number of rotatable bonds is 5. The molecule has 5 aromatic rings. The summed E-state index contributed by atoms with van der Waals surface area (Å²) in [5.74, 6) is 0. The van der Waals surface area contributed by atoms with Gasteiger partial charge < -0.3 is 5.73 Å². The van der Waals surface area contributed by atoms with Crippen molar-refractivity contribution >= 4 is 81.3 Å². The van der Waals surface area contributed by atoms with Gasteiger partial charge in [-0.2, -0.15) is 13.5 Å². The van der Waals surface area contributed by atoms with Gasteiger partial charge in [-0.05, 0) is 48.5 Å². The van der Waals surface area contributed by atoms with Gasteiger partial charge in [-0.15, -0.1) is 40.6 Å². The Hall–Kier alpha value is -5.23. The van der Waals surface area contributed by atoms with Crippen molar-refractivity contribution in [3.05, 3.63) is 97.1 Å².